The number of amides is 1. The second-order valence-corrected chi connectivity index (χ2v) is 9.91. The fraction of sp³-hybridized carbons (Fsp3) is 0.375. The molecule has 12 heteroatoms. The van der Waals surface area contributed by atoms with Gasteiger partial charge in [0, 0.05) is 30.4 Å². The standard InChI is InChI=1S/C24H23ClF6N4O/c1-22(2,3)13-34(4)20(36)19-17(14-5-7-15(25)8-6-14)11-18(23(26,27)28)35(19)12-16-9-10-32-21(33-16)24(29,30)31/h5-11H,12-13H2,1-4H3. The topological polar surface area (TPSA) is 51.0 Å². The lowest BCUT2D eigenvalue weighted by Crippen LogP contribution is -2.36. The Bertz CT molecular complexity index is 1240. The smallest absolute Gasteiger partial charge is 0.340 e. The maximum absolute atomic E-state index is 14.1. The van der Waals surface area contributed by atoms with Crippen molar-refractivity contribution in [3.05, 3.63) is 70.5 Å². The molecule has 0 radical (unpaired) electrons. The van der Waals surface area contributed by atoms with Crippen molar-refractivity contribution in [3.63, 3.8) is 0 Å². The number of aromatic nitrogens is 3. The predicted octanol–water partition coefficient (Wildman–Crippen LogP) is 6.80. The minimum absolute atomic E-state index is 0.0325. The van der Waals surface area contributed by atoms with E-state index in [4.69, 9.17) is 11.6 Å². The van der Waals surface area contributed by atoms with Crippen LogP contribution in [0.5, 0.6) is 0 Å². The summed E-state index contributed by atoms with van der Waals surface area (Å²) < 4.78 is 82.5. The van der Waals surface area contributed by atoms with Crippen molar-refractivity contribution in [1.29, 1.82) is 0 Å². The number of carbonyl (C=O) groups excluding carboxylic acids is 1. The minimum atomic E-state index is -4.91. The molecule has 2 heterocycles. The highest BCUT2D eigenvalue weighted by molar-refractivity contribution is 6.30. The first-order valence-corrected chi connectivity index (χ1v) is 11.1. The van der Waals surface area contributed by atoms with E-state index in [9.17, 15) is 31.1 Å². The zero-order valence-electron chi connectivity index (χ0n) is 19.8. The van der Waals surface area contributed by atoms with Crippen LogP contribution in [0.2, 0.25) is 5.02 Å². The molecule has 194 valence electrons. The molecule has 0 aliphatic carbocycles. The van der Waals surface area contributed by atoms with Crippen LogP contribution in [-0.2, 0) is 18.9 Å². The van der Waals surface area contributed by atoms with Gasteiger partial charge in [-0.3, -0.25) is 4.79 Å². The zero-order chi connectivity index (χ0) is 27.1. The Morgan fingerprint density at radius 2 is 1.61 bits per heavy atom. The lowest BCUT2D eigenvalue weighted by molar-refractivity contribution is -0.145. The lowest BCUT2D eigenvalue weighted by atomic mass is 9.96. The van der Waals surface area contributed by atoms with Crippen molar-refractivity contribution >= 4 is 17.5 Å². The molecule has 3 aromatic rings. The molecule has 0 atom stereocenters. The normalized spacial score (nSPS) is 12.6. The maximum Gasteiger partial charge on any atom is 0.451 e. The largest absolute Gasteiger partial charge is 0.451 e. The van der Waals surface area contributed by atoms with Gasteiger partial charge in [-0.25, -0.2) is 9.97 Å². The summed E-state index contributed by atoms with van der Waals surface area (Å²) >= 11 is 5.93. The summed E-state index contributed by atoms with van der Waals surface area (Å²) in [7, 11) is 1.45. The van der Waals surface area contributed by atoms with Crippen molar-refractivity contribution in [1.82, 2.24) is 19.4 Å². The summed E-state index contributed by atoms with van der Waals surface area (Å²) in [6, 6.07) is 7.76. The number of carbonyl (C=O) groups is 1. The molecule has 0 aliphatic rings. The molecular formula is C24H23ClF6N4O. The van der Waals surface area contributed by atoms with Gasteiger partial charge < -0.3 is 9.47 Å². The molecule has 0 saturated carbocycles. The van der Waals surface area contributed by atoms with Crippen LogP contribution in [0.1, 0.15) is 48.5 Å². The van der Waals surface area contributed by atoms with Crippen molar-refractivity contribution in [2.75, 3.05) is 13.6 Å². The third kappa shape index (κ3) is 6.37. The molecule has 1 amide bonds. The number of hydrogen-bond donors (Lipinski definition) is 0. The van der Waals surface area contributed by atoms with Crippen molar-refractivity contribution in [3.8, 4) is 11.1 Å². The molecule has 36 heavy (non-hydrogen) atoms. The highest BCUT2D eigenvalue weighted by atomic mass is 35.5. The molecule has 0 N–H and O–H groups in total. The third-order valence-corrected chi connectivity index (χ3v) is 5.34. The summed E-state index contributed by atoms with van der Waals surface area (Å²) in [6.07, 6.45) is -8.99. The Hall–Kier alpha value is -3.08. The van der Waals surface area contributed by atoms with Gasteiger partial charge in [-0.05, 0) is 35.2 Å². The van der Waals surface area contributed by atoms with E-state index in [-0.39, 0.29) is 34.5 Å². The van der Waals surface area contributed by atoms with Crippen LogP contribution in [-0.4, -0.2) is 38.9 Å². The molecule has 1 aromatic carbocycles. The van der Waals surface area contributed by atoms with E-state index in [1.54, 1.807) is 0 Å². The van der Waals surface area contributed by atoms with Crippen LogP contribution in [0.3, 0.4) is 0 Å². The molecule has 0 aliphatic heterocycles. The first kappa shape index (κ1) is 27.5. The Balaban J connectivity index is 2.26. The van der Waals surface area contributed by atoms with Gasteiger partial charge in [-0.1, -0.05) is 44.5 Å². The first-order valence-electron chi connectivity index (χ1n) is 10.7. The van der Waals surface area contributed by atoms with Crippen LogP contribution in [0, 0.1) is 5.41 Å². The van der Waals surface area contributed by atoms with E-state index < -0.39 is 36.3 Å². The van der Waals surface area contributed by atoms with Crippen molar-refractivity contribution in [2.45, 2.75) is 39.7 Å². The molecule has 2 aromatic heterocycles. The van der Waals surface area contributed by atoms with E-state index in [1.807, 2.05) is 20.8 Å². The number of nitrogens with zero attached hydrogens (tertiary/aromatic N) is 4. The lowest BCUT2D eigenvalue weighted by Gasteiger charge is -2.27. The summed E-state index contributed by atoms with van der Waals surface area (Å²) in [5.74, 6) is -2.22. The molecule has 0 bridgehead atoms. The molecular weight excluding hydrogens is 510 g/mol. The zero-order valence-corrected chi connectivity index (χ0v) is 20.6. The van der Waals surface area contributed by atoms with Gasteiger partial charge in [0.25, 0.3) is 5.91 Å². The van der Waals surface area contributed by atoms with Gasteiger partial charge in [0.15, 0.2) is 0 Å². The number of hydrogen-bond acceptors (Lipinski definition) is 3. The Labute approximate surface area is 208 Å². The van der Waals surface area contributed by atoms with Crippen LogP contribution in [0.25, 0.3) is 11.1 Å². The Kier molecular flexibility index (Phi) is 7.46. The first-order chi connectivity index (χ1) is 16.5. The van der Waals surface area contributed by atoms with E-state index >= 15 is 0 Å². The summed E-state index contributed by atoms with van der Waals surface area (Å²) in [5, 5.41) is 0.340. The molecule has 5 nitrogen and oxygen atoms in total. The average molecular weight is 533 g/mol. The second-order valence-electron chi connectivity index (χ2n) is 9.47. The van der Waals surface area contributed by atoms with Gasteiger partial charge >= 0.3 is 12.4 Å². The fourth-order valence-corrected chi connectivity index (χ4v) is 3.90. The van der Waals surface area contributed by atoms with Crippen molar-refractivity contribution in [2.24, 2.45) is 5.41 Å². The van der Waals surface area contributed by atoms with E-state index in [0.29, 0.717) is 9.59 Å². The van der Waals surface area contributed by atoms with Gasteiger partial charge in [0.05, 0.1) is 12.2 Å². The van der Waals surface area contributed by atoms with Gasteiger partial charge in [0.1, 0.15) is 11.4 Å². The van der Waals surface area contributed by atoms with Gasteiger partial charge in [0.2, 0.25) is 5.82 Å². The fourth-order valence-electron chi connectivity index (χ4n) is 3.77. The quantitative estimate of drug-likeness (QED) is 0.339. The van der Waals surface area contributed by atoms with E-state index in [1.165, 1.54) is 36.2 Å². The highest BCUT2D eigenvalue weighted by Gasteiger charge is 2.40. The number of benzene rings is 1. The summed E-state index contributed by atoms with van der Waals surface area (Å²) in [5.41, 5.74) is -1.99. The summed E-state index contributed by atoms with van der Waals surface area (Å²) in [4.78, 5) is 21.4. The SMILES string of the molecule is CN(CC(C)(C)C)C(=O)c1c(-c2ccc(Cl)cc2)cc(C(F)(F)F)n1Cc1ccnc(C(F)(F)F)n1. The summed E-state index contributed by atoms with van der Waals surface area (Å²) in [6.45, 7) is 5.05. The van der Waals surface area contributed by atoms with Crippen LogP contribution in [0.4, 0.5) is 26.3 Å². The number of rotatable bonds is 5. The van der Waals surface area contributed by atoms with Crippen molar-refractivity contribution < 1.29 is 31.1 Å². The van der Waals surface area contributed by atoms with Gasteiger partial charge in [-0.2, -0.15) is 26.3 Å². The Morgan fingerprint density at radius 1 is 1.00 bits per heavy atom. The van der Waals surface area contributed by atoms with E-state index in [2.05, 4.69) is 9.97 Å². The molecule has 3 rings (SSSR count). The maximum atomic E-state index is 14.1. The second kappa shape index (κ2) is 9.76. The third-order valence-electron chi connectivity index (χ3n) is 5.09. The van der Waals surface area contributed by atoms with Crippen LogP contribution >= 0.6 is 11.6 Å². The van der Waals surface area contributed by atoms with E-state index in [0.717, 1.165) is 18.3 Å². The Morgan fingerprint density at radius 3 is 2.14 bits per heavy atom. The molecule has 0 fully saturated rings. The minimum Gasteiger partial charge on any atom is -0.340 e. The average Bonchev–Trinajstić information content (AvgIpc) is 3.11. The molecule has 0 spiro atoms. The molecule has 0 saturated heterocycles. The number of halogens is 7. The van der Waals surface area contributed by atoms with Crippen LogP contribution in [0.15, 0.2) is 42.6 Å². The monoisotopic (exact) mass is 532 g/mol. The molecule has 0 unspecified atom stereocenters. The predicted molar refractivity (Wildman–Crippen MR) is 122 cm³/mol. The number of alkyl halides is 6. The highest BCUT2D eigenvalue weighted by Crippen LogP contribution is 2.38. The van der Waals surface area contributed by atoms with Gasteiger partial charge in [-0.15, -0.1) is 0 Å². The van der Waals surface area contributed by atoms with Crippen LogP contribution < -0.4 is 0 Å².